The molecular weight excluding hydrogens is 409 g/mol. The van der Waals surface area contributed by atoms with E-state index in [0.29, 0.717) is 23.2 Å². The summed E-state index contributed by atoms with van der Waals surface area (Å²) in [5.41, 5.74) is 0.902. The molecule has 7 nitrogen and oxygen atoms in total. The monoisotopic (exact) mass is 439 g/mol. The number of halogens is 1. The highest BCUT2D eigenvalue weighted by atomic mass is 19.1. The van der Waals surface area contributed by atoms with E-state index < -0.39 is 11.7 Å². The summed E-state index contributed by atoms with van der Waals surface area (Å²) in [4.78, 5) is 37.0. The van der Waals surface area contributed by atoms with Gasteiger partial charge in [0.25, 0.3) is 5.91 Å². The van der Waals surface area contributed by atoms with Crippen LogP contribution in [0.15, 0.2) is 36.5 Å². The van der Waals surface area contributed by atoms with Gasteiger partial charge < -0.3 is 10.2 Å². The summed E-state index contributed by atoms with van der Waals surface area (Å²) in [7, 11) is 0. The van der Waals surface area contributed by atoms with Crippen LogP contribution in [0.5, 0.6) is 0 Å². The molecule has 3 heterocycles. The molecule has 1 unspecified atom stereocenters. The molecule has 32 heavy (non-hydrogen) atoms. The van der Waals surface area contributed by atoms with E-state index in [0.717, 1.165) is 45.4 Å². The molecule has 1 atom stereocenters. The number of piperidine rings is 1. The molecule has 1 aromatic heterocycles. The standard InChI is InChI=1S/C24H30FN5O2/c1-3-28(4-2)15-18-8-5-6-13-29(18)16-22(31)30-21-11-10-17(25)14-19(21)24(32)27-20-9-7-12-26-23(20)30/h7,9-12,14,18H,3-6,8,13,15-16H2,1-2H3,(H,27,32). The number of nitrogens with one attached hydrogen (secondary N) is 1. The summed E-state index contributed by atoms with van der Waals surface area (Å²) >= 11 is 0. The maximum Gasteiger partial charge on any atom is 0.258 e. The van der Waals surface area contributed by atoms with Crippen LogP contribution in [0, 0.1) is 5.82 Å². The Labute approximate surface area is 188 Å². The number of hydrogen-bond donors (Lipinski definition) is 1. The van der Waals surface area contributed by atoms with Gasteiger partial charge in [-0.15, -0.1) is 0 Å². The van der Waals surface area contributed by atoms with E-state index >= 15 is 0 Å². The molecule has 1 aromatic carbocycles. The summed E-state index contributed by atoms with van der Waals surface area (Å²) in [5, 5.41) is 2.76. The van der Waals surface area contributed by atoms with Crippen molar-refractivity contribution in [2.45, 2.75) is 39.2 Å². The summed E-state index contributed by atoms with van der Waals surface area (Å²) < 4.78 is 14.0. The van der Waals surface area contributed by atoms with Gasteiger partial charge in [-0.05, 0) is 62.8 Å². The van der Waals surface area contributed by atoms with Crippen molar-refractivity contribution in [3.05, 3.63) is 47.9 Å². The lowest BCUT2D eigenvalue weighted by atomic mass is 10.0. The number of amides is 2. The zero-order valence-corrected chi connectivity index (χ0v) is 18.7. The summed E-state index contributed by atoms with van der Waals surface area (Å²) in [6, 6.07) is 7.62. The number of carbonyl (C=O) groups excluding carboxylic acids is 2. The minimum absolute atomic E-state index is 0.120. The molecular formula is C24H30FN5O2. The van der Waals surface area contributed by atoms with Crippen LogP contribution >= 0.6 is 0 Å². The molecule has 1 saturated heterocycles. The maximum absolute atomic E-state index is 14.0. The molecule has 1 N–H and O–H groups in total. The van der Waals surface area contributed by atoms with E-state index in [1.165, 1.54) is 23.1 Å². The molecule has 0 bridgehead atoms. The Kier molecular flexibility index (Phi) is 6.81. The number of benzene rings is 1. The number of fused-ring (bicyclic) bond motifs is 2. The van der Waals surface area contributed by atoms with Gasteiger partial charge in [-0.2, -0.15) is 0 Å². The van der Waals surface area contributed by atoms with Crippen molar-refractivity contribution < 1.29 is 14.0 Å². The first kappa shape index (κ1) is 22.4. The molecule has 170 valence electrons. The number of anilines is 3. The van der Waals surface area contributed by atoms with Gasteiger partial charge in [0.1, 0.15) is 5.82 Å². The fourth-order valence-electron chi connectivity index (χ4n) is 4.61. The number of aromatic nitrogens is 1. The van der Waals surface area contributed by atoms with Crippen LogP contribution in [0.3, 0.4) is 0 Å². The molecule has 0 aliphatic carbocycles. The van der Waals surface area contributed by atoms with Gasteiger partial charge in [-0.1, -0.05) is 20.3 Å². The van der Waals surface area contributed by atoms with Crippen LogP contribution in [0.2, 0.25) is 0 Å². The van der Waals surface area contributed by atoms with Gasteiger partial charge in [0.15, 0.2) is 5.82 Å². The van der Waals surface area contributed by atoms with E-state index in [4.69, 9.17) is 0 Å². The average Bonchev–Trinajstić information content (AvgIpc) is 2.92. The Morgan fingerprint density at radius 1 is 1.25 bits per heavy atom. The van der Waals surface area contributed by atoms with Crippen molar-refractivity contribution in [1.29, 1.82) is 0 Å². The lowest BCUT2D eigenvalue weighted by Gasteiger charge is -2.38. The summed E-state index contributed by atoms with van der Waals surface area (Å²) in [6.07, 6.45) is 4.86. The van der Waals surface area contributed by atoms with E-state index in [-0.39, 0.29) is 18.0 Å². The van der Waals surface area contributed by atoms with Crippen LogP contribution in [0.4, 0.5) is 21.6 Å². The molecule has 2 aliphatic rings. The van der Waals surface area contributed by atoms with Crippen molar-refractivity contribution in [1.82, 2.24) is 14.8 Å². The van der Waals surface area contributed by atoms with Crippen molar-refractivity contribution in [2.24, 2.45) is 0 Å². The smallest absolute Gasteiger partial charge is 0.258 e. The molecule has 1 fully saturated rings. The Hall–Kier alpha value is -2.84. The quantitative estimate of drug-likeness (QED) is 0.744. The molecule has 0 spiro atoms. The largest absolute Gasteiger partial charge is 0.319 e. The number of rotatable bonds is 6. The minimum Gasteiger partial charge on any atom is -0.319 e. The van der Waals surface area contributed by atoms with Crippen molar-refractivity contribution in [3.8, 4) is 0 Å². The van der Waals surface area contributed by atoms with Gasteiger partial charge >= 0.3 is 0 Å². The molecule has 0 saturated carbocycles. The third-order valence-corrected chi connectivity index (χ3v) is 6.39. The fraction of sp³-hybridized carbons (Fsp3) is 0.458. The van der Waals surface area contributed by atoms with Gasteiger partial charge in [-0.3, -0.25) is 19.4 Å². The lowest BCUT2D eigenvalue weighted by Crippen LogP contribution is -2.50. The number of hydrogen-bond acceptors (Lipinski definition) is 5. The first-order chi connectivity index (χ1) is 15.5. The number of carbonyl (C=O) groups is 2. The van der Waals surface area contributed by atoms with Crippen LogP contribution < -0.4 is 10.2 Å². The Balaban J connectivity index is 1.67. The van der Waals surface area contributed by atoms with Gasteiger partial charge in [0.2, 0.25) is 5.91 Å². The highest BCUT2D eigenvalue weighted by molar-refractivity contribution is 6.17. The van der Waals surface area contributed by atoms with Gasteiger partial charge in [-0.25, -0.2) is 9.37 Å². The second-order valence-electron chi connectivity index (χ2n) is 8.33. The van der Waals surface area contributed by atoms with Crippen molar-refractivity contribution >= 4 is 29.0 Å². The van der Waals surface area contributed by atoms with Crippen molar-refractivity contribution in [3.63, 3.8) is 0 Å². The molecule has 4 rings (SSSR count). The number of pyridine rings is 1. The lowest BCUT2D eigenvalue weighted by molar-refractivity contribution is -0.120. The second-order valence-corrected chi connectivity index (χ2v) is 8.33. The third kappa shape index (κ3) is 4.52. The normalized spacial score (nSPS) is 18.7. The van der Waals surface area contributed by atoms with E-state index in [1.54, 1.807) is 18.3 Å². The molecule has 2 aromatic rings. The molecule has 8 heteroatoms. The number of likely N-dealkylation sites (N-methyl/N-ethyl adjacent to an activating group) is 1. The first-order valence-corrected chi connectivity index (χ1v) is 11.4. The Bertz CT molecular complexity index is 994. The fourth-order valence-corrected chi connectivity index (χ4v) is 4.61. The topological polar surface area (TPSA) is 68.8 Å². The van der Waals surface area contributed by atoms with E-state index in [2.05, 4.69) is 33.9 Å². The number of likely N-dealkylation sites (tertiary alicyclic amines) is 1. The van der Waals surface area contributed by atoms with E-state index in [9.17, 15) is 14.0 Å². The third-order valence-electron chi connectivity index (χ3n) is 6.39. The molecule has 2 aliphatic heterocycles. The zero-order chi connectivity index (χ0) is 22.7. The second kappa shape index (κ2) is 9.75. The van der Waals surface area contributed by atoms with Crippen LogP contribution in [0.25, 0.3) is 0 Å². The Morgan fingerprint density at radius 3 is 2.84 bits per heavy atom. The van der Waals surface area contributed by atoms with E-state index in [1.807, 2.05) is 0 Å². The molecule has 0 radical (unpaired) electrons. The first-order valence-electron chi connectivity index (χ1n) is 11.4. The SMILES string of the molecule is CCN(CC)CC1CCCCN1CC(=O)N1c2ccc(F)cc2C(=O)Nc2cccnc21. The summed E-state index contributed by atoms with van der Waals surface area (Å²) in [5.74, 6) is -0.809. The predicted octanol–water partition coefficient (Wildman–Crippen LogP) is 3.65. The van der Waals surface area contributed by atoms with Crippen LogP contribution in [-0.4, -0.2) is 65.4 Å². The highest BCUT2D eigenvalue weighted by Crippen LogP contribution is 2.37. The Morgan fingerprint density at radius 2 is 2.06 bits per heavy atom. The molecule has 2 amide bonds. The summed E-state index contributed by atoms with van der Waals surface area (Å²) in [6.45, 7) is 8.26. The van der Waals surface area contributed by atoms with Crippen LogP contribution in [0.1, 0.15) is 43.5 Å². The average molecular weight is 440 g/mol. The highest BCUT2D eigenvalue weighted by Gasteiger charge is 2.33. The maximum atomic E-state index is 14.0. The van der Waals surface area contributed by atoms with Crippen molar-refractivity contribution in [2.75, 3.05) is 42.9 Å². The van der Waals surface area contributed by atoms with Gasteiger partial charge in [0.05, 0.1) is 23.5 Å². The minimum atomic E-state index is -0.527. The van der Waals surface area contributed by atoms with Gasteiger partial charge in [0, 0.05) is 18.8 Å². The number of nitrogens with zero attached hydrogens (tertiary/aromatic N) is 4. The zero-order valence-electron chi connectivity index (χ0n) is 18.7. The van der Waals surface area contributed by atoms with Crippen LogP contribution in [-0.2, 0) is 4.79 Å². The predicted molar refractivity (Wildman–Crippen MR) is 123 cm³/mol.